The zero-order valence-corrected chi connectivity index (χ0v) is 27.9. The van der Waals surface area contributed by atoms with Crippen LogP contribution in [0.2, 0.25) is 0 Å². The number of nitriles is 2. The van der Waals surface area contributed by atoms with Crippen LogP contribution in [-0.4, -0.2) is 93.2 Å². The molecule has 0 N–H and O–H groups in total. The van der Waals surface area contributed by atoms with Gasteiger partial charge in [-0.15, -0.1) is 0 Å². The number of anilines is 2. The molecule has 4 aromatic rings. The highest BCUT2D eigenvalue weighted by atomic mass is 15.3. The Balaban J connectivity index is 0.000000157. The van der Waals surface area contributed by atoms with Crippen molar-refractivity contribution < 1.29 is 0 Å². The molecule has 4 atom stereocenters. The molecule has 4 aliphatic rings. The van der Waals surface area contributed by atoms with Crippen LogP contribution in [0.15, 0.2) is 85.5 Å². The van der Waals surface area contributed by atoms with Crippen LogP contribution < -0.4 is 9.80 Å². The zero-order chi connectivity index (χ0) is 34.1. The van der Waals surface area contributed by atoms with Gasteiger partial charge in [0.1, 0.15) is 35.2 Å². The first kappa shape index (κ1) is 32.8. The number of fused-ring (bicyclic) bond motifs is 2. The van der Waals surface area contributed by atoms with E-state index < -0.39 is 0 Å². The van der Waals surface area contributed by atoms with E-state index in [1.807, 2.05) is 60.7 Å². The predicted octanol–water partition coefficient (Wildman–Crippen LogP) is 4.11. The second-order valence-corrected chi connectivity index (χ2v) is 12.8. The van der Waals surface area contributed by atoms with Gasteiger partial charge in [-0.25, -0.2) is 19.9 Å². The van der Waals surface area contributed by atoms with E-state index in [1.165, 1.54) is 0 Å². The van der Waals surface area contributed by atoms with Gasteiger partial charge in [0.25, 0.3) is 0 Å². The first-order valence-electron chi connectivity index (χ1n) is 17.3. The highest BCUT2D eigenvalue weighted by Crippen LogP contribution is 2.31. The molecule has 0 radical (unpaired) electrons. The molecule has 0 bridgehead atoms. The maximum atomic E-state index is 9.31. The van der Waals surface area contributed by atoms with E-state index in [9.17, 15) is 10.5 Å². The van der Waals surface area contributed by atoms with Gasteiger partial charge in [-0.3, -0.25) is 9.80 Å². The number of pyridine rings is 4. The van der Waals surface area contributed by atoms with Crippen LogP contribution in [-0.2, 0) is 0 Å². The predicted molar refractivity (Wildman–Crippen MR) is 192 cm³/mol. The first-order chi connectivity index (χ1) is 24.7. The van der Waals surface area contributed by atoms with Gasteiger partial charge in [0.2, 0.25) is 0 Å². The molecule has 10 nitrogen and oxygen atoms in total. The SMILES string of the molecule is N#Cc1cccnc1N1CCN2[C@@H](CC[C@@H]2C#Cc2ccccn2)C1.N#Cc1cccnc1N1CCN2[C@H](CC[C@H]2C#Cc2ccccn2)C1. The summed E-state index contributed by atoms with van der Waals surface area (Å²) in [5.74, 6) is 14.8. The van der Waals surface area contributed by atoms with Gasteiger partial charge in [-0.2, -0.15) is 10.5 Å². The van der Waals surface area contributed by atoms with Gasteiger partial charge in [-0.1, -0.05) is 24.0 Å². The molecule has 4 fully saturated rings. The lowest BCUT2D eigenvalue weighted by molar-refractivity contribution is 0.202. The van der Waals surface area contributed by atoms with Crippen LogP contribution in [0.1, 0.15) is 48.2 Å². The lowest BCUT2D eigenvalue weighted by Crippen LogP contribution is -2.52. The van der Waals surface area contributed by atoms with Crippen LogP contribution in [0, 0.1) is 46.3 Å². The van der Waals surface area contributed by atoms with Crippen molar-refractivity contribution in [3.05, 3.63) is 108 Å². The third kappa shape index (κ3) is 7.44. The molecular formula is C40H38N10. The number of nitrogens with zero attached hydrogens (tertiary/aromatic N) is 10. The van der Waals surface area contributed by atoms with Crippen molar-refractivity contribution in [3.8, 4) is 35.8 Å². The second kappa shape index (κ2) is 15.6. The van der Waals surface area contributed by atoms with Crippen molar-refractivity contribution in [2.75, 3.05) is 49.1 Å². The van der Waals surface area contributed by atoms with E-state index in [2.05, 4.69) is 75.4 Å². The molecule has 50 heavy (non-hydrogen) atoms. The van der Waals surface area contributed by atoms with Crippen molar-refractivity contribution in [1.82, 2.24) is 29.7 Å². The van der Waals surface area contributed by atoms with E-state index in [4.69, 9.17) is 0 Å². The number of hydrogen-bond acceptors (Lipinski definition) is 10. The third-order valence-corrected chi connectivity index (χ3v) is 9.88. The topological polar surface area (TPSA) is 112 Å². The molecule has 0 spiro atoms. The van der Waals surface area contributed by atoms with E-state index >= 15 is 0 Å². The maximum Gasteiger partial charge on any atom is 0.146 e. The Kier molecular flexibility index (Phi) is 10.2. The number of hydrogen-bond donors (Lipinski definition) is 0. The fourth-order valence-electron chi connectivity index (χ4n) is 7.46. The van der Waals surface area contributed by atoms with Crippen molar-refractivity contribution in [2.45, 2.75) is 49.9 Å². The minimum absolute atomic E-state index is 0.299. The smallest absolute Gasteiger partial charge is 0.146 e. The van der Waals surface area contributed by atoms with Crippen molar-refractivity contribution in [2.24, 2.45) is 0 Å². The Labute approximate surface area is 294 Å². The van der Waals surface area contributed by atoms with Gasteiger partial charge >= 0.3 is 0 Å². The molecule has 0 unspecified atom stereocenters. The van der Waals surface area contributed by atoms with Crippen LogP contribution in [0.25, 0.3) is 0 Å². The quantitative estimate of drug-likeness (QED) is 0.292. The summed E-state index contributed by atoms with van der Waals surface area (Å²) in [6, 6.07) is 25.0. The molecule has 8 rings (SSSR count). The number of piperazine rings is 2. The fourth-order valence-corrected chi connectivity index (χ4v) is 7.46. The molecule has 0 aromatic carbocycles. The molecule has 4 aliphatic heterocycles. The van der Waals surface area contributed by atoms with E-state index in [0.29, 0.717) is 35.3 Å². The molecule has 8 heterocycles. The monoisotopic (exact) mass is 658 g/mol. The van der Waals surface area contributed by atoms with Crippen LogP contribution in [0.3, 0.4) is 0 Å². The Hall–Kier alpha value is -5.78. The highest BCUT2D eigenvalue weighted by Gasteiger charge is 2.38. The first-order valence-corrected chi connectivity index (χ1v) is 17.3. The van der Waals surface area contributed by atoms with Gasteiger partial charge in [0.05, 0.1) is 23.2 Å². The molecular weight excluding hydrogens is 621 g/mol. The molecule has 0 amide bonds. The molecule has 4 aromatic heterocycles. The minimum Gasteiger partial charge on any atom is -0.353 e. The highest BCUT2D eigenvalue weighted by molar-refractivity contribution is 5.55. The summed E-state index contributed by atoms with van der Waals surface area (Å²) in [6.07, 6.45) is 11.5. The Morgan fingerprint density at radius 3 is 1.40 bits per heavy atom. The second-order valence-electron chi connectivity index (χ2n) is 12.8. The Morgan fingerprint density at radius 2 is 0.980 bits per heavy atom. The minimum atomic E-state index is 0.299. The van der Waals surface area contributed by atoms with Gasteiger partial charge in [0, 0.05) is 76.1 Å². The van der Waals surface area contributed by atoms with E-state index in [1.54, 1.807) is 24.8 Å². The fraction of sp³-hybridized carbons (Fsp3) is 0.350. The lowest BCUT2D eigenvalue weighted by Gasteiger charge is -2.39. The standard InChI is InChI=1S/2C20H19N5/c2*21-14-16-4-3-11-23-20(16)24-12-13-25-18(8-9-19(25)15-24)7-6-17-5-1-2-10-22-17/h2*1-5,10-11,18-19H,8-9,12-13,15H2/t2*18-,19-/m10/s1. The molecule has 10 heteroatoms. The van der Waals surface area contributed by atoms with Crippen LogP contribution >= 0.6 is 0 Å². The molecule has 0 aliphatic carbocycles. The van der Waals surface area contributed by atoms with Crippen molar-refractivity contribution >= 4 is 11.6 Å². The van der Waals surface area contributed by atoms with E-state index in [-0.39, 0.29) is 0 Å². The average Bonchev–Trinajstić information content (AvgIpc) is 3.80. The summed E-state index contributed by atoms with van der Waals surface area (Å²) in [7, 11) is 0. The summed E-state index contributed by atoms with van der Waals surface area (Å²) >= 11 is 0. The third-order valence-electron chi connectivity index (χ3n) is 9.88. The van der Waals surface area contributed by atoms with Crippen molar-refractivity contribution in [1.29, 1.82) is 10.5 Å². The Bertz CT molecular complexity index is 1840. The normalized spacial score (nSPS) is 22.6. The number of aromatic nitrogens is 4. The Morgan fingerprint density at radius 1 is 0.520 bits per heavy atom. The van der Waals surface area contributed by atoms with Crippen molar-refractivity contribution in [3.63, 3.8) is 0 Å². The molecule has 4 saturated heterocycles. The van der Waals surface area contributed by atoms with Crippen LogP contribution in [0.5, 0.6) is 0 Å². The van der Waals surface area contributed by atoms with Gasteiger partial charge in [0.15, 0.2) is 0 Å². The molecule has 248 valence electrons. The summed E-state index contributed by atoms with van der Waals surface area (Å²) in [6.45, 7) is 5.48. The summed E-state index contributed by atoms with van der Waals surface area (Å²) in [5.41, 5.74) is 2.97. The summed E-state index contributed by atoms with van der Waals surface area (Å²) in [4.78, 5) is 26.9. The van der Waals surface area contributed by atoms with E-state index in [0.717, 1.165) is 88.0 Å². The van der Waals surface area contributed by atoms with Gasteiger partial charge in [-0.05, 0) is 86.1 Å². The van der Waals surface area contributed by atoms with Gasteiger partial charge < -0.3 is 9.80 Å². The lowest BCUT2D eigenvalue weighted by atomic mass is 10.1. The number of rotatable bonds is 2. The largest absolute Gasteiger partial charge is 0.353 e. The summed E-state index contributed by atoms with van der Waals surface area (Å²) < 4.78 is 0. The maximum absolute atomic E-state index is 9.31. The molecule has 0 saturated carbocycles. The zero-order valence-electron chi connectivity index (χ0n) is 27.9. The average molecular weight is 659 g/mol. The summed E-state index contributed by atoms with van der Waals surface area (Å²) in [5, 5.41) is 18.6. The van der Waals surface area contributed by atoms with Crippen LogP contribution in [0.4, 0.5) is 11.6 Å².